The van der Waals surface area contributed by atoms with Gasteiger partial charge in [0.25, 0.3) is 0 Å². The Hall–Kier alpha value is -1.74. The summed E-state index contributed by atoms with van der Waals surface area (Å²) in [5.74, 6) is 1.95. The SMILES string of the molecule is Cn1nnnc1SCc1nc(N)c2c3c(sc2n1)CCCC3. The summed E-state index contributed by atoms with van der Waals surface area (Å²) in [6, 6.07) is 0. The number of thiophene rings is 1. The molecule has 1 aliphatic rings. The van der Waals surface area contributed by atoms with Gasteiger partial charge in [-0.25, -0.2) is 14.6 Å². The quantitative estimate of drug-likeness (QED) is 0.732. The predicted octanol–water partition coefficient (Wildman–Crippen LogP) is 1.97. The summed E-state index contributed by atoms with van der Waals surface area (Å²) >= 11 is 3.28. The lowest BCUT2D eigenvalue weighted by atomic mass is 9.97. The molecule has 4 rings (SSSR count). The van der Waals surface area contributed by atoms with Gasteiger partial charge in [0, 0.05) is 11.9 Å². The predicted molar refractivity (Wildman–Crippen MR) is 86.8 cm³/mol. The van der Waals surface area contributed by atoms with Crippen LogP contribution in [-0.2, 0) is 25.6 Å². The fourth-order valence-corrected chi connectivity index (χ4v) is 4.76. The molecule has 0 radical (unpaired) electrons. The van der Waals surface area contributed by atoms with Crippen molar-refractivity contribution in [3.05, 3.63) is 16.3 Å². The average molecular weight is 333 g/mol. The Balaban J connectivity index is 1.67. The maximum absolute atomic E-state index is 6.21. The van der Waals surface area contributed by atoms with Crippen LogP contribution in [0.5, 0.6) is 0 Å². The van der Waals surface area contributed by atoms with E-state index in [0.717, 1.165) is 34.0 Å². The number of tetrazole rings is 1. The van der Waals surface area contributed by atoms with E-state index in [4.69, 9.17) is 10.7 Å². The maximum atomic E-state index is 6.21. The second-order valence-electron chi connectivity index (χ2n) is 5.29. The molecule has 2 N–H and O–H groups in total. The molecule has 114 valence electrons. The van der Waals surface area contributed by atoms with Crippen molar-refractivity contribution >= 4 is 39.1 Å². The van der Waals surface area contributed by atoms with Gasteiger partial charge in [-0.05, 0) is 41.7 Å². The molecule has 22 heavy (non-hydrogen) atoms. The number of aryl methyl sites for hydroxylation is 3. The van der Waals surface area contributed by atoms with E-state index in [9.17, 15) is 0 Å². The molecule has 0 fully saturated rings. The molecule has 0 saturated carbocycles. The van der Waals surface area contributed by atoms with Crippen molar-refractivity contribution in [2.75, 3.05) is 5.73 Å². The molecule has 3 aromatic heterocycles. The summed E-state index contributed by atoms with van der Waals surface area (Å²) in [5.41, 5.74) is 7.58. The fourth-order valence-electron chi connectivity index (χ4n) is 2.77. The lowest BCUT2D eigenvalue weighted by molar-refractivity contribution is 0.664. The van der Waals surface area contributed by atoms with Crippen LogP contribution in [0.15, 0.2) is 5.16 Å². The van der Waals surface area contributed by atoms with E-state index in [1.54, 1.807) is 16.0 Å². The molecule has 3 aromatic rings. The summed E-state index contributed by atoms with van der Waals surface area (Å²) in [6.07, 6.45) is 4.73. The first kappa shape index (κ1) is 13.9. The van der Waals surface area contributed by atoms with Crippen LogP contribution in [0.1, 0.15) is 29.1 Å². The van der Waals surface area contributed by atoms with Crippen LogP contribution in [0.2, 0.25) is 0 Å². The lowest BCUT2D eigenvalue weighted by Crippen LogP contribution is -2.02. The molecule has 3 heterocycles. The Morgan fingerprint density at radius 1 is 1.27 bits per heavy atom. The van der Waals surface area contributed by atoms with Gasteiger partial charge < -0.3 is 5.73 Å². The Morgan fingerprint density at radius 3 is 2.95 bits per heavy atom. The van der Waals surface area contributed by atoms with Crippen LogP contribution in [0.3, 0.4) is 0 Å². The number of anilines is 1. The van der Waals surface area contributed by atoms with Crippen molar-refractivity contribution in [1.82, 2.24) is 30.2 Å². The molecule has 0 bridgehead atoms. The van der Waals surface area contributed by atoms with Crippen LogP contribution >= 0.6 is 23.1 Å². The summed E-state index contributed by atoms with van der Waals surface area (Å²) in [4.78, 5) is 11.6. The van der Waals surface area contributed by atoms with Crippen molar-refractivity contribution in [3.63, 3.8) is 0 Å². The number of thioether (sulfide) groups is 1. The molecule has 9 heteroatoms. The molecule has 1 aliphatic carbocycles. The minimum atomic E-state index is 0.607. The highest BCUT2D eigenvalue weighted by atomic mass is 32.2. The topological polar surface area (TPSA) is 95.4 Å². The number of hydrogen-bond donors (Lipinski definition) is 1. The number of nitrogen functional groups attached to an aromatic ring is 1. The van der Waals surface area contributed by atoms with Crippen molar-refractivity contribution < 1.29 is 0 Å². The van der Waals surface area contributed by atoms with Crippen LogP contribution in [0, 0.1) is 0 Å². The first-order valence-electron chi connectivity index (χ1n) is 7.14. The van der Waals surface area contributed by atoms with Gasteiger partial charge in [-0.15, -0.1) is 16.4 Å². The van der Waals surface area contributed by atoms with E-state index in [-0.39, 0.29) is 0 Å². The number of nitrogens with two attached hydrogens (primary N) is 1. The highest BCUT2D eigenvalue weighted by Gasteiger charge is 2.20. The number of nitrogens with zero attached hydrogens (tertiary/aromatic N) is 6. The molecule has 0 saturated heterocycles. The first-order chi connectivity index (χ1) is 10.7. The van der Waals surface area contributed by atoms with Crippen molar-refractivity contribution in [2.45, 2.75) is 36.6 Å². The van der Waals surface area contributed by atoms with Gasteiger partial charge in [0.15, 0.2) is 0 Å². The van der Waals surface area contributed by atoms with Gasteiger partial charge in [-0.1, -0.05) is 11.8 Å². The van der Waals surface area contributed by atoms with Gasteiger partial charge >= 0.3 is 0 Å². The zero-order valence-electron chi connectivity index (χ0n) is 12.1. The van der Waals surface area contributed by atoms with Gasteiger partial charge in [0.1, 0.15) is 16.5 Å². The third-order valence-electron chi connectivity index (χ3n) is 3.80. The summed E-state index contributed by atoms with van der Waals surface area (Å²) < 4.78 is 1.64. The molecule has 0 aliphatic heterocycles. The van der Waals surface area contributed by atoms with Crippen molar-refractivity contribution in [3.8, 4) is 0 Å². The maximum Gasteiger partial charge on any atom is 0.209 e. The van der Waals surface area contributed by atoms with E-state index in [1.807, 2.05) is 7.05 Å². The van der Waals surface area contributed by atoms with Crippen LogP contribution in [0.25, 0.3) is 10.2 Å². The minimum Gasteiger partial charge on any atom is -0.383 e. The van der Waals surface area contributed by atoms with E-state index >= 15 is 0 Å². The zero-order chi connectivity index (χ0) is 15.1. The largest absolute Gasteiger partial charge is 0.383 e. The highest BCUT2D eigenvalue weighted by molar-refractivity contribution is 7.98. The van der Waals surface area contributed by atoms with Crippen molar-refractivity contribution in [2.24, 2.45) is 7.05 Å². The Kier molecular flexibility index (Phi) is 3.45. The van der Waals surface area contributed by atoms with Gasteiger partial charge in [0.2, 0.25) is 5.16 Å². The van der Waals surface area contributed by atoms with E-state index < -0.39 is 0 Å². The molecule has 7 nitrogen and oxygen atoms in total. The van der Waals surface area contributed by atoms with Gasteiger partial charge in [-0.3, -0.25) is 0 Å². The molecular weight excluding hydrogens is 318 g/mol. The molecule has 0 unspecified atom stereocenters. The molecule has 0 atom stereocenters. The van der Waals surface area contributed by atoms with Gasteiger partial charge in [-0.2, -0.15) is 0 Å². The summed E-state index contributed by atoms with van der Waals surface area (Å²) in [6.45, 7) is 0. The molecule has 0 amide bonds. The standard InChI is InChI=1S/C13H15N7S2/c1-20-13(17-18-19-20)21-6-9-15-11(14)10-7-4-2-3-5-8(7)22-12(10)16-9/h2-6H2,1H3,(H2,14,15,16). The highest BCUT2D eigenvalue weighted by Crippen LogP contribution is 2.38. The van der Waals surface area contributed by atoms with Crippen LogP contribution in [-0.4, -0.2) is 30.2 Å². The Labute approximate surface area is 135 Å². The summed E-state index contributed by atoms with van der Waals surface area (Å²) in [7, 11) is 1.81. The van der Waals surface area contributed by atoms with Gasteiger partial charge in [0.05, 0.1) is 11.1 Å². The Bertz CT molecular complexity index is 838. The van der Waals surface area contributed by atoms with E-state index in [0.29, 0.717) is 11.6 Å². The number of rotatable bonds is 3. The summed E-state index contributed by atoms with van der Waals surface area (Å²) in [5, 5.41) is 13.2. The Morgan fingerprint density at radius 2 is 2.14 bits per heavy atom. The van der Waals surface area contributed by atoms with Crippen LogP contribution in [0.4, 0.5) is 5.82 Å². The number of hydrogen-bond acceptors (Lipinski definition) is 8. The smallest absolute Gasteiger partial charge is 0.209 e. The molecule has 0 aromatic carbocycles. The normalized spacial score (nSPS) is 14.4. The fraction of sp³-hybridized carbons (Fsp3) is 0.462. The van der Waals surface area contributed by atoms with Crippen molar-refractivity contribution in [1.29, 1.82) is 0 Å². The monoisotopic (exact) mass is 333 g/mol. The minimum absolute atomic E-state index is 0.607. The lowest BCUT2D eigenvalue weighted by Gasteiger charge is -2.10. The third kappa shape index (κ3) is 2.34. The molecule has 0 spiro atoms. The average Bonchev–Trinajstić information content (AvgIpc) is 3.08. The number of aromatic nitrogens is 6. The van der Waals surface area contributed by atoms with E-state index in [1.165, 1.54) is 35.0 Å². The number of fused-ring (bicyclic) bond motifs is 3. The van der Waals surface area contributed by atoms with E-state index in [2.05, 4.69) is 20.5 Å². The second-order valence-corrected chi connectivity index (χ2v) is 7.32. The molecular formula is C13H15N7S2. The second kappa shape index (κ2) is 5.47. The van der Waals surface area contributed by atoms with Crippen LogP contribution < -0.4 is 5.73 Å². The zero-order valence-corrected chi connectivity index (χ0v) is 13.7. The third-order valence-corrected chi connectivity index (χ3v) is 5.99. The first-order valence-corrected chi connectivity index (χ1v) is 8.94.